The van der Waals surface area contributed by atoms with Crippen molar-refractivity contribution in [1.82, 2.24) is 4.98 Å². The third-order valence-corrected chi connectivity index (χ3v) is 2.40. The Morgan fingerprint density at radius 1 is 1.16 bits per heavy atom. The lowest BCUT2D eigenvalue weighted by Crippen LogP contribution is -2.20. The van der Waals surface area contributed by atoms with Crippen molar-refractivity contribution < 1.29 is 15.0 Å². The van der Waals surface area contributed by atoms with E-state index in [2.05, 4.69) is 15.6 Å². The number of carbonyl (C=O) groups is 1. The Kier molecular flexibility index (Phi) is 3.51. The van der Waals surface area contributed by atoms with Crippen LogP contribution in [0.3, 0.4) is 0 Å². The predicted molar refractivity (Wildman–Crippen MR) is 71.4 cm³/mol. The molecule has 0 unspecified atom stereocenters. The molecule has 0 saturated heterocycles. The third-order valence-electron chi connectivity index (χ3n) is 2.40. The number of hydrogen-bond donors (Lipinski definition) is 4. The molecule has 6 nitrogen and oxygen atoms in total. The number of urea groups is 1. The largest absolute Gasteiger partial charge is 0.508 e. The molecule has 2 rings (SSSR count). The lowest BCUT2D eigenvalue weighted by molar-refractivity contribution is 0.262. The summed E-state index contributed by atoms with van der Waals surface area (Å²) in [5.74, 6) is 0.179. The zero-order valence-corrected chi connectivity index (χ0v) is 10.2. The predicted octanol–water partition coefficient (Wildman–Crippen LogP) is 2.45. The number of rotatable bonds is 2. The molecule has 0 bridgehead atoms. The van der Waals surface area contributed by atoms with Gasteiger partial charge in [-0.3, -0.25) is 5.32 Å². The van der Waals surface area contributed by atoms with Crippen molar-refractivity contribution in [3.63, 3.8) is 0 Å². The van der Waals surface area contributed by atoms with Gasteiger partial charge >= 0.3 is 6.03 Å². The number of hydrogen-bond acceptors (Lipinski definition) is 4. The molecule has 0 aliphatic carbocycles. The summed E-state index contributed by atoms with van der Waals surface area (Å²) in [6.45, 7) is 1.82. The van der Waals surface area contributed by atoms with Gasteiger partial charge in [0.2, 0.25) is 0 Å². The number of pyridine rings is 1. The molecular weight excluding hydrogens is 246 g/mol. The number of nitrogens with zero attached hydrogens (tertiary/aromatic N) is 1. The Bertz CT molecular complexity index is 594. The van der Waals surface area contributed by atoms with Gasteiger partial charge in [0.1, 0.15) is 17.3 Å². The van der Waals surface area contributed by atoms with Crippen LogP contribution in [0, 0.1) is 6.92 Å². The third kappa shape index (κ3) is 3.35. The first-order chi connectivity index (χ1) is 9.04. The highest BCUT2D eigenvalue weighted by Crippen LogP contribution is 2.24. The SMILES string of the molecule is Cc1cccnc1NC(=O)Nc1cc(O)cc(O)c1. The molecule has 6 heteroatoms. The molecule has 1 heterocycles. The van der Waals surface area contributed by atoms with Crippen LogP contribution in [0.1, 0.15) is 5.56 Å². The standard InChI is InChI=1S/C13H13N3O3/c1-8-3-2-4-14-12(8)16-13(19)15-9-5-10(17)7-11(18)6-9/h2-7,17-18H,1H3,(H2,14,15,16,19). The molecule has 1 aromatic heterocycles. The Hall–Kier alpha value is -2.76. The molecular formula is C13H13N3O3. The van der Waals surface area contributed by atoms with E-state index >= 15 is 0 Å². The van der Waals surface area contributed by atoms with Crippen LogP contribution < -0.4 is 10.6 Å². The zero-order chi connectivity index (χ0) is 13.8. The molecule has 19 heavy (non-hydrogen) atoms. The van der Waals surface area contributed by atoms with Crippen molar-refractivity contribution in [3.05, 3.63) is 42.1 Å². The van der Waals surface area contributed by atoms with Gasteiger partial charge in [-0.2, -0.15) is 0 Å². The molecule has 0 aliphatic rings. The van der Waals surface area contributed by atoms with E-state index < -0.39 is 6.03 Å². The number of phenolic OH excluding ortho intramolecular Hbond substituents is 2. The van der Waals surface area contributed by atoms with E-state index in [1.54, 1.807) is 12.3 Å². The summed E-state index contributed by atoms with van der Waals surface area (Å²) in [7, 11) is 0. The Labute approximate surface area is 109 Å². The van der Waals surface area contributed by atoms with Crippen molar-refractivity contribution in [2.75, 3.05) is 10.6 Å². The van der Waals surface area contributed by atoms with Gasteiger partial charge in [-0.15, -0.1) is 0 Å². The summed E-state index contributed by atoms with van der Waals surface area (Å²) < 4.78 is 0. The Balaban J connectivity index is 2.07. The van der Waals surface area contributed by atoms with E-state index in [0.717, 1.165) is 5.56 Å². The second-order valence-corrected chi connectivity index (χ2v) is 3.99. The van der Waals surface area contributed by atoms with E-state index in [4.69, 9.17) is 0 Å². The monoisotopic (exact) mass is 259 g/mol. The van der Waals surface area contributed by atoms with Crippen molar-refractivity contribution in [3.8, 4) is 11.5 Å². The Morgan fingerprint density at radius 2 is 1.84 bits per heavy atom. The van der Waals surface area contributed by atoms with Gasteiger partial charge in [0.25, 0.3) is 0 Å². The highest BCUT2D eigenvalue weighted by Gasteiger charge is 2.07. The first-order valence-corrected chi connectivity index (χ1v) is 5.57. The van der Waals surface area contributed by atoms with Crippen LogP contribution in [-0.2, 0) is 0 Å². The van der Waals surface area contributed by atoms with Crippen LogP contribution in [0.5, 0.6) is 11.5 Å². The number of amides is 2. The normalized spacial score (nSPS) is 9.95. The molecule has 98 valence electrons. The van der Waals surface area contributed by atoms with Gasteiger partial charge < -0.3 is 15.5 Å². The molecule has 0 spiro atoms. The number of aryl methyl sites for hydroxylation is 1. The van der Waals surface area contributed by atoms with Crippen LogP contribution in [0.2, 0.25) is 0 Å². The van der Waals surface area contributed by atoms with Crippen LogP contribution >= 0.6 is 0 Å². The van der Waals surface area contributed by atoms with E-state index in [0.29, 0.717) is 5.82 Å². The van der Waals surface area contributed by atoms with Gasteiger partial charge in [0.05, 0.1) is 0 Å². The van der Waals surface area contributed by atoms with Crippen molar-refractivity contribution in [2.24, 2.45) is 0 Å². The highest BCUT2D eigenvalue weighted by molar-refractivity contribution is 5.99. The summed E-state index contributed by atoms with van der Waals surface area (Å²) in [6.07, 6.45) is 1.57. The van der Waals surface area contributed by atoms with Gasteiger partial charge in [0, 0.05) is 30.1 Å². The topological polar surface area (TPSA) is 94.5 Å². The number of nitrogens with one attached hydrogen (secondary N) is 2. The highest BCUT2D eigenvalue weighted by atomic mass is 16.3. The van der Waals surface area contributed by atoms with E-state index in [1.807, 2.05) is 13.0 Å². The molecule has 1 aromatic carbocycles. The molecule has 2 amide bonds. The van der Waals surface area contributed by atoms with Gasteiger partial charge in [-0.25, -0.2) is 9.78 Å². The maximum absolute atomic E-state index is 11.7. The number of aromatic hydroxyl groups is 2. The maximum Gasteiger partial charge on any atom is 0.324 e. The fraction of sp³-hybridized carbons (Fsp3) is 0.0769. The summed E-state index contributed by atoms with van der Waals surface area (Å²) in [5, 5.41) is 23.7. The van der Waals surface area contributed by atoms with Gasteiger partial charge in [0.15, 0.2) is 0 Å². The molecule has 4 N–H and O–H groups in total. The average Bonchev–Trinajstić information content (AvgIpc) is 2.30. The van der Waals surface area contributed by atoms with Gasteiger partial charge in [-0.1, -0.05) is 6.07 Å². The number of anilines is 2. The van der Waals surface area contributed by atoms with Crippen LogP contribution in [-0.4, -0.2) is 21.2 Å². The summed E-state index contributed by atoms with van der Waals surface area (Å²) in [4.78, 5) is 15.8. The van der Waals surface area contributed by atoms with Crippen molar-refractivity contribution in [2.45, 2.75) is 6.92 Å². The lowest BCUT2D eigenvalue weighted by Gasteiger charge is -2.09. The van der Waals surface area contributed by atoms with E-state index in [1.165, 1.54) is 18.2 Å². The first kappa shape index (κ1) is 12.7. The molecule has 0 saturated carbocycles. The summed E-state index contributed by atoms with van der Waals surface area (Å²) >= 11 is 0. The average molecular weight is 259 g/mol. The maximum atomic E-state index is 11.7. The molecule has 0 fully saturated rings. The molecule has 0 radical (unpaired) electrons. The first-order valence-electron chi connectivity index (χ1n) is 5.57. The number of phenols is 2. The number of carbonyl (C=O) groups excluding carboxylic acids is 1. The number of benzene rings is 1. The summed E-state index contributed by atoms with van der Waals surface area (Å²) in [5.41, 5.74) is 1.11. The minimum absolute atomic E-state index is 0.135. The van der Waals surface area contributed by atoms with Crippen LogP contribution in [0.15, 0.2) is 36.5 Å². The van der Waals surface area contributed by atoms with E-state index in [9.17, 15) is 15.0 Å². The quantitative estimate of drug-likeness (QED) is 0.666. The van der Waals surface area contributed by atoms with E-state index in [-0.39, 0.29) is 17.2 Å². The second-order valence-electron chi connectivity index (χ2n) is 3.99. The fourth-order valence-electron chi connectivity index (χ4n) is 1.55. The Morgan fingerprint density at radius 3 is 2.47 bits per heavy atom. The van der Waals surface area contributed by atoms with Crippen LogP contribution in [0.25, 0.3) is 0 Å². The van der Waals surface area contributed by atoms with Gasteiger partial charge in [-0.05, 0) is 18.6 Å². The number of aromatic nitrogens is 1. The fourth-order valence-corrected chi connectivity index (χ4v) is 1.55. The van der Waals surface area contributed by atoms with Crippen LogP contribution in [0.4, 0.5) is 16.3 Å². The second kappa shape index (κ2) is 5.26. The molecule has 0 atom stereocenters. The lowest BCUT2D eigenvalue weighted by atomic mass is 10.3. The minimum Gasteiger partial charge on any atom is -0.508 e. The summed E-state index contributed by atoms with van der Waals surface area (Å²) in [6, 6.07) is 6.90. The van der Waals surface area contributed by atoms with Crippen molar-refractivity contribution >= 4 is 17.5 Å². The zero-order valence-electron chi connectivity index (χ0n) is 10.2. The van der Waals surface area contributed by atoms with Crippen molar-refractivity contribution in [1.29, 1.82) is 0 Å². The molecule has 2 aromatic rings. The minimum atomic E-state index is -0.508. The molecule has 0 aliphatic heterocycles. The smallest absolute Gasteiger partial charge is 0.324 e.